The summed E-state index contributed by atoms with van der Waals surface area (Å²) in [6.07, 6.45) is 5.64. The minimum atomic E-state index is -3.56. The van der Waals surface area contributed by atoms with E-state index in [0.717, 1.165) is 37.5 Å². The number of carbonyl (C=O) groups excluding carboxylic acids is 2. The second kappa shape index (κ2) is 13.5. The second-order valence-electron chi connectivity index (χ2n) is 9.67. The molecule has 1 aliphatic rings. The lowest BCUT2D eigenvalue weighted by Gasteiger charge is -2.30. The van der Waals surface area contributed by atoms with E-state index in [1.807, 2.05) is 24.3 Å². The molecule has 0 radical (unpaired) electrons. The van der Waals surface area contributed by atoms with Gasteiger partial charge in [-0.05, 0) is 68.1 Å². The van der Waals surface area contributed by atoms with Crippen LogP contribution in [0.15, 0.2) is 48.5 Å². The Kier molecular flexibility index (Phi) is 10.4. The van der Waals surface area contributed by atoms with E-state index in [0.29, 0.717) is 23.6 Å². The minimum absolute atomic E-state index is 0.0966. The number of ether oxygens (including phenoxy) is 2. The summed E-state index contributed by atoms with van der Waals surface area (Å²) in [4.78, 5) is 28.1. The first-order valence-corrected chi connectivity index (χ1v) is 14.8. The predicted molar refractivity (Wildman–Crippen MR) is 148 cm³/mol. The summed E-state index contributed by atoms with van der Waals surface area (Å²) in [6, 6.07) is 13.6. The van der Waals surface area contributed by atoms with Crippen molar-refractivity contribution in [1.29, 1.82) is 0 Å². The molecule has 0 spiro atoms. The number of hydrogen-bond acceptors (Lipinski definition) is 6. The molecule has 9 nitrogen and oxygen atoms in total. The van der Waals surface area contributed by atoms with E-state index in [9.17, 15) is 18.0 Å². The lowest BCUT2D eigenvalue weighted by Crippen LogP contribution is -2.49. The normalized spacial score (nSPS) is 14.5. The first-order valence-electron chi connectivity index (χ1n) is 13.0. The van der Waals surface area contributed by atoms with Crippen molar-refractivity contribution in [2.75, 3.05) is 31.3 Å². The molecule has 38 heavy (non-hydrogen) atoms. The first-order chi connectivity index (χ1) is 18.1. The largest absolute Gasteiger partial charge is 0.497 e. The molecule has 2 amide bonds. The highest BCUT2D eigenvalue weighted by atomic mass is 32.2. The summed E-state index contributed by atoms with van der Waals surface area (Å²) in [5, 5.41) is 3.09. The number of carbonyl (C=O) groups is 2. The Morgan fingerprint density at radius 2 is 1.53 bits per heavy atom. The molecule has 1 saturated carbocycles. The maximum absolute atomic E-state index is 13.4. The van der Waals surface area contributed by atoms with Gasteiger partial charge in [0.05, 0.1) is 26.2 Å². The van der Waals surface area contributed by atoms with E-state index in [2.05, 4.69) is 5.32 Å². The molecule has 1 N–H and O–H groups in total. The highest BCUT2D eigenvalue weighted by molar-refractivity contribution is 7.92. The van der Waals surface area contributed by atoms with Gasteiger partial charge in [-0.1, -0.05) is 25.0 Å². The quantitative estimate of drug-likeness (QED) is 0.411. The number of rotatable bonds is 13. The molecule has 2 aromatic rings. The Hall–Kier alpha value is -3.27. The van der Waals surface area contributed by atoms with Crippen LogP contribution >= 0.6 is 0 Å². The van der Waals surface area contributed by atoms with Gasteiger partial charge in [0, 0.05) is 25.6 Å². The molecular formula is C28H39N3O6S. The number of nitrogens with zero attached hydrogens (tertiary/aromatic N) is 2. The van der Waals surface area contributed by atoms with Crippen LogP contribution in [0.5, 0.6) is 11.5 Å². The molecule has 0 bridgehead atoms. The molecule has 0 heterocycles. The monoisotopic (exact) mass is 545 g/mol. The molecule has 3 rings (SSSR count). The summed E-state index contributed by atoms with van der Waals surface area (Å²) in [5.41, 5.74) is 1.37. The number of nitrogens with one attached hydrogen (secondary N) is 1. The molecule has 2 aromatic carbocycles. The number of sulfonamides is 1. The average Bonchev–Trinajstić information content (AvgIpc) is 3.42. The van der Waals surface area contributed by atoms with E-state index in [4.69, 9.17) is 9.47 Å². The van der Waals surface area contributed by atoms with Crippen molar-refractivity contribution in [2.24, 2.45) is 0 Å². The Morgan fingerprint density at radius 1 is 0.974 bits per heavy atom. The maximum atomic E-state index is 13.4. The van der Waals surface area contributed by atoms with E-state index in [1.54, 1.807) is 50.3 Å². The summed E-state index contributed by atoms with van der Waals surface area (Å²) in [5.74, 6) is 0.947. The Bertz CT molecular complexity index is 1160. The molecule has 1 atom stereocenters. The third-order valence-corrected chi connectivity index (χ3v) is 8.09. The van der Waals surface area contributed by atoms with Crippen LogP contribution in [0, 0.1) is 0 Å². The zero-order valence-corrected chi connectivity index (χ0v) is 23.5. The van der Waals surface area contributed by atoms with Gasteiger partial charge in [-0.25, -0.2) is 8.42 Å². The lowest BCUT2D eigenvalue weighted by atomic mass is 10.1. The number of methoxy groups -OCH3 is 2. The van der Waals surface area contributed by atoms with Gasteiger partial charge in [0.1, 0.15) is 17.5 Å². The highest BCUT2D eigenvalue weighted by Crippen LogP contribution is 2.23. The molecular weight excluding hydrogens is 506 g/mol. The fourth-order valence-corrected chi connectivity index (χ4v) is 5.62. The molecule has 0 aromatic heterocycles. The third-order valence-electron chi connectivity index (χ3n) is 6.89. The molecule has 208 valence electrons. The molecule has 10 heteroatoms. The molecule has 1 fully saturated rings. The van der Waals surface area contributed by atoms with Crippen LogP contribution in [-0.2, 0) is 26.2 Å². The zero-order valence-electron chi connectivity index (χ0n) is 22.7. The summed E-state index contributed by atoms with van der Waals surface area (Å²) in [6.45, 7) is 2.14. The number of benzene rings is 2. The third kappa shape index (κ3) is 8.11. The molecule has 0 unspecified atom stereocenters. The van der Waals surface area contributed by atoms with Gasteiger partial charge in [0.15, 0.2) is 0 Å². The van der Waals surface area contributed by atoms with Crippen molar-refractivity contribution in [2.45, 2.75) is 64.1 Å². The van der Waals surface area contributed by atoms with Crippen LogP contribution in [-0.4, -0.2) is 64.2 Å². The van der Waals surface area contributed by atoms with Crippen LogP contribution in [0.3, 0.4) is 0 Å². The lowest BCUT2D eigenvalue weighted by molar-refractivity contribution is -0.141. The molecule has 0 aliphatic heterocycles. The Labute approximate surface area is 226 Å². The van der Waals surface area contributed by atoms with Crippen molar-refractivity contribution in [1.82, 2.24) is 10.2 Å². The van der Waals surface area contributed by atoms with Crippen LogP contribution < -0.4 is 19.1 Å². The number of hydrogen-bond donors (Lipinski definition) is 1. The topological polar surface area (TPSA) is 105 Å². The fourth-order valence-electron chi connectivity index (χ4n) is 4.65. The standard InChI is InChI=1S/C28H39N3O6S/c1-21(28(33)29-23-8-5-6-9-23)30(20-22-11-15-25(36-2)16-12-22)27(32)10-7-19-31(38(4,34)35)24-13-17-26(37-3)18-14-24/h11-18,21,23H,5-10,19-20H2,1-4H3,(H,29,33)/t21-/m1/s1. The van der Waals surface area contributed by atoms with Crippen molar-refractivity contribution in [3.05, 3.63) is 54.1 Å². The summed E-state index contributed by atoms with van der Waals surface area (Å²) >= 11 is 0. The van der Waals surface area contributed by atoms with Gasteiger partial charge in [-0.3, -0.25) is 13.9 Å². The Morgan fingerprint density at radius 3 is 2.05 bits per heavy atom. The van der Waals surface area contributed by atoms with Gasteiger partial charge < -0.3 is 19.7 Å². The van der Waals surface area contributed by atoms with Crippen LogP contribution in [0.25, 0.3) is 0 Å². The minimum Gasteiger partial charge on any atom is -0.497 e. The van der Waals surface area contributed by atoms with Crippen LogP contribution in [0.4, 0.5) is 5.69 Å². The van der Waals surface area contributed by atoms with Gasteiger partial charge in [0.2, 0.25) is 21.8 Å². The SMILES string of the molecule is COc1ccc(CN(C(=O)CCCN(c2ccc(OC)cc2)S(C)(=O)=O)[C@H](C)C(=O)NC2CCCC2)cc1. The van der Waals surface area contributed by atoms with Crippen molar-refractivity contribution >= 4 is 27.5 Å². The Balaban J connectivity index is 1.71. The summed E-state index contributed by atoms with van der Waals surface area (Å²) in [7, 11) is -0.430. The fraction of sp³-hybridized carbons (Fsp3) is 0.500. The van der Waals surface area contributed by atoms with E-state index < -0.39 is 16.1 Å². The van der Waals surface area contributed by atoms with Gasteiger partial charge in [-0.15, -0.1) is 0 Å². The predicted octanol–water partition coefficient (Wildman–Crippen LogP) is 3.73. The smallest absolute Gasteiger partial charge is 0.242 e. The molecule has 0 saturated heterocycles. The number of anilines is 1. The first kappa shape index (κ1) is 29.3. The second-order valence-corrected chi connectivity index (χ2v) is 11.6. The zero-order chi connectivity index (χ0) is 27.7. The van der Waals surface area contributed by atoms with Crippen molar-refractivity contribution in [3.8, 4) is 11.5 Å². The van der Waals surface area contributed by atoms with Gasteiger partial charge in [-0.2, -0.15) is 0 Å². The van der Waals surface area contributed by atoms with Crippen LogP contribution in [0.2, 0.25) is 0 Å². The van der Waals surface area contributed by atoms with Crippen LogP contribution in [0.1, 0.15) is 51.0 Å². The van der Waals surface area contributed by atoms with E-state index >= 15 is 0 Å². The van der Waals surface area contributed by atoms with Gasteiger partial charge >= 0.3 is 0 Å². The van der Waals surface area contributed by atoms with Gasteiger partial charge in [0.25, 0.3) is 0 Å². The van der Waals surface area contributed by atoms with E-state index in [1.165, 1.54) is 4.31 Å². The summed E-state index contributed by atoms with van der Waals surface area (Å²) < 4.78 is 36.6. The van der Waals surface area contributed by atoms with Crippen molar-refractivity contribution in [3.63, 3.8) is 0 Å². The maximum Gasteiger partial charge on any atom is 0.242 e. The van der Waals surface area contributed by atoms with Crippen molar-refractivity contribution < 1.29 is 27.5 Å². The molecule has 1 aliphatic carbocycles. The number of amides is 2. The highest BCUT2D eigenvalue weighted by Gasteiger charge is 2.28. The van der Waals surface area contributed by atoms with E-state index in [-0.39, 0.29) is 37.4 Å². The average molecular weight is 546 g/mol.